The third-order valence-electron chi connectivity index (χ3n) is 4.81. The average Bonchev–Trinajstić information content (AvgIpc) is 3.38. The zero-order valence-corrected chi connectivity index (χ0v) is 16.9. The van der Waals surface area contributed by atoms with Gasteiger partial charge in [0.2, 0.25) is 5.89 Å². The fourth-order valence-electron chi connectivity index (χ4n) is 3.45. The van der Waals surface area contributed by atoms with Crippen molar-refractivity contribution in [3.8, 4) is 5.75 Å². The van der Waals surface area contributed by atoms with E-state index in [-0.39, 0.29) is 6.04 Å². The molecule has 0 amide bonds. The lowest BCUT2D eigenvalue weighted by atomic mass is 10.1. The van der Waals surface area contributed by atoms with E-state index in [4.69, 9.17) is 9.26 Å². The summed E-state index contributed by atoms with van der Waals surface area (Å²) in [6.45, 7) is 7.95. The van der Waals surface area contributed by atoms with Gasteiger partial charge >= 0.3 is 0 Å². The minimum atomic E-state index is 0.257. The van der Waals surface area contributed by atoms with E-state index in [0.29, 0.717) is 18.3 Å². The van der Waals surface area contributed by atoms with Crippen molar-refractivity contribution in [1.29, 1.82) is 0 Å². The molecule has 8 nitrogen and oxygen atoms in total. The molecule has 1 aliphatic rings. The number of hydrogen-bond acceptors (Lipinski definition) is 6. The molecule has 1 unspecified atom stereocenters. The van der Waals surface area contributed by atoms with E-state index in [1.165, 1.54) is 18.4 Å². The number of methoxy groups -OCH3 is 1. The fraction of sp³-hybridized carbons (Fsp3) is 0.550. The summed E-state index contributed by atoms with van der Waals surface area (Å²) in [5.74, 6) is 2.76. The van der Waals surface area contributed by atoms with E-state index in [2.05, 4.69) is 48.9 Å². The number of ether oxygens (including phenoxy) is 1. The predicted molar refractivity (Wildman–Crippen MR) is 108 cm³/mol. The van der Waals surface area contributed by atoms with Crippen LogP contribution in [0.2, 0.25) is 0 Å². The molecule has 1 aromatic carbocycles. The van der Waals surface area contributed by atoms with Crippen LogP contribution in [-0.4, -0.2) is 54.3 Å². The summed E-state index contributed by atoms with van der Waals surface area (Å²) < 4.78 is 10.6. The lowest BCUT2D eigenvalue weighted by molar-refractivity contribution is 0.245. The van der Waals surface area contributed by atoms with Crippen LogP contribution in [0.3, 0.4) is 0 Å². The van der Waals surface area contributed by atoms with E-state index < -0.39 is 0 Å². The Bertz CT molecular complexity index is 770. The third-order valence-corrected chi connectivity index (χ3v) is 4.81. The summed E-state index contributed by atoms with van der Waals surface area (Å²) in [5, 5.41) is 10.6. The first kappa shape index (κ1) is 20.1. The van der Waals surface area contributed by atoms with Crippen LogP contribution in [0, 0.1) is 6.92 Å². The number of guanidine groups is 1. The molecular formula is C20H30N6O2. The molecule has 0 radical (unpaired) electrons. The summed E-state index contributed by atoms with van der Waals surface area (Å²) in [5.41, 5.74) is 1.25. The molecule has 28 heavy (non-hydrogen) atoms. The Hall–Kier alpha value is -2.61. The largest absolute Gasteiger partial charge is 0.497 e. The number of nitrogens with zero attached hydrogens (tertiary/aromatic N) is 4. The van der Waals surface area contributed by atoms with Gasteiger partial charge in [0, 0.05) is 13.1 Å². The van der Waals surface area contributed by atoms with E-state index >= 15 is 0 Å². The lowest BCUT2D eigenvalue weighted by Gasteiger charge is -2.29. The van der Waals surface area contributed by atoms with Gasteiger partial charge in [-0.1, -0.05) is 17.3 Å². The number of likely N-dealkylation sites (tertiary alicyclic amines) is 1. The second-order valence-corrected chi connectivity index (χ2v) is 6.85. The number of rotatable bonds is 8. The predicted octanol–water partition coefficient (Wildman–Crippen LogP) is 2.28. The highest BCUT2D eigenvalue weighted by Gasteiger charge is 2.24. The minimum absolute atomic E-state index is 0.257. The second kappa shape index (κ2) is 10.1. The van der Waals surface area contributed by atoms with Crippen molar-refractivity contribution in [1.82, 2.24) is 25.7 Å². The number of hydrogen-bond donors (Lipinski definition) is 2. The third kappa shape index (κ3) is 5.45. The van der Waals surface area contributed by atoms with Crippen molar-refractivity contribution in [3.63, 3.8) is 0 Å². The number of benzene rings is 1. The Morgan fingerprint density at radius 1 is 1.32 bits per heavy atom. The molecule has 1 aromatic heterocycles. The van der Waals surface area contributed by atoms with E-state index in [0.717, 1.165) is 37.9 Å². The SMILES string of the molecule is CCNC(=NCc1nc(C)no1)NCC(c1cccc(OC)c1)N1CCCC1. The van der Waals surface area contributed by atoms with Gasteiger partial charge in [-0.2, -0.15) is 4.98 Å². The zero-order valence-electron chi connectivity index (χ0n) is 16.9. The quantitative estimate of drug-likeness (QED) is 0.531. The van der Waals surface area contributed by atoms with Crippen LogP contribution in [0.1, 0.15) is 43.1 Å². The lowest BCUT2D eigenvalue weighted by Crippen LogP contribution is -2.42. The first-order valence-electron chi connectivity index (χ1n) is 9.89. The summed E-state index contributed by atoms with van der Waals surface area (Å²) in [6, 6.07) is 8.57. The topological polar surface area (TPSA) is 87.8 Å². The maximum absolute atomic E-state index is 5.42. The Labute approximate surface area is 166 Å². The van der Waals surface area contributed by atoms with Crippen LogP contribution in [0.25, 0.3) is 0 Å². The Balaban J connectivity index is 1.70. The minimum Gasteiger partial charge on any atom is -0.497 e. The van der Waals surface area contributed by atoms with E-state index in [1.807, 2.05) is 13.0 Å². The van der Waals surface area contributed by atoms with Crippen molar-refractivity contribution >= 4 is 5.96 Å². The molecular weight excluding hydrogens is 356 g/mol. The number of nitrogens with one attached hydrogen (secondary N) is 2. The molecule has 3 rings (SSSR count). The summed E-state index contributed by atoms with van der Waals surface area (Å²) >= 11 is 0. The Morgan fingerprint density at radius 2 is 2.14 bits per heavy atom. The van der Waals surface area contributed by atoms with Crippen LogP contribution < -0.4 is 15.4 Å². The number of aromatic nitrogens is 2. The van der Waals surface area contributed by atoms with Gasteiger partial charge < -0.3 is 19.9 Å². The van der Waals surface area contributed by atoms with Gasteiger partial charge in [-0.05, 0) is 57.5 Å². The molecule has 152 valence electrons. The van der Waals surface area contributed by atoms with Crippen molar-refractivity contribution < 1.29 is 9.26 Å². The smallest absolute Gasteiger partial charge is 0.248 e. The van der Waals surface area contributed by atoms with Crippen molar-refractivity contribution in [2.45, 2.75) is 39.3 Å². The molecule has 0 spiro atoms. The summed E-state index contributed by atoms with van der Waals surface area (Å²) in [4.78, 5) is 11.3. The first-order chi connectivity index (χ1) is 13.7. The van der Waals surface area contributed by atoms with Gasteiger partial charge in [-0.15, -0.1) is 0 Å². The van der Waals surface area contributed by atoms with Gasteiger partial charge in [-0.25, -0.2) is 4.99 Å². The molecule has 0 bridgehead atoms. The van der Waals surface area contributed by atoms with Gasteiger partial charge in [0.05, 0.1) is 13.2 Å². The van der Waals surface area contributed by atoms with E-state index in [1.54, 1.807) is 14.0 Å². The van der Waals surface area contributed by atoms with Crippen molar-refractivity contribution in [2.75, 3.05) is 33.3 Å². The van der Waals surface area contributed by atoms with Gasteiger partial charge in [0.15, 0.2) is 11.8 Å². The highest BCUT2D eigenvalue weighted by Crippen LogP contribution is 2.27. The van der Waals surface area contributed by atoms with Crippen LogP contribution in [0.15, 0.2) is 33.8 Å². The Kier molecular flexibility index (Phi) is 7.25. The van der Waals surface area contributed by atoms with Gasteiger partial charge in [0.1, 0.15) is 12.3 Å². The molecule has 2 heterocycles. The number of aliphatic imine (C=N–C) groups is 1. The summed E-state index contributed by atoms with van der Waals surface area (Å²) in [6.07, 6.45) is 2.48. The molecule has 0 saturated carbocycles. The Morgan fingerprint density at radius 3 is 2.82 bits per heavy atom. The normalized spacial score (nSPS) is 16.2. The van der Waals surface area contributed by atoms with Gasteiger partial charge in [0.25, 0.3) is 0 Å². The van der Waals surface area contributed by atoms with Crippen LogP contribution in [-0.2, 0) is 6.54 Å². The molecule has 2 N–H and O–H groups in total. The van der Waals surface area contributed by atoms with Gasteiger partial charge in [-0.3, -0.25) is 4.90 Å². The van der Waals surface area contributed by atoms with Crippen LogP contribution >= 0.6 is 0 Å². The highest BCUT2D eigenvalue weighted by atomic mass is 16.5. The maximum atomic E-state index is 5.42. The van der Waals surface area contributed by atoms with Crippen LogP contribution in [0.5, 0.6) is 5.75 Å². The van der Waals surface area contributed by atoms with E-state index in [9.17, 15) is 0 Å². The average molecular weight is 387 g/mol. The molecule has 1 aliphatic heterocycles. The fourth-order valence-corrected chi connectivity index (χ4v) is 3.45. The summed E-state index contributed by atoms with van der Waals surface area (Å²) in [7, 11) is 1.71. The molecule has 0 aliphatic carbocycles. The molecule has 2 aromatic rings. The second-order valence-electron chi connectivity index (χ2n) is 6.85. The van der Waals surface area contributed by atoms with Crippen molar-refractivity contribution in [3.05, 3.63) is 41.5 Å². The number of aryl methyl sites for hydroxylation is 1. The standard InChI is InChI=1S/C20H30N6O2/c1-4-21-20(23-14-19-24-15(2)25-28-19)22-13-18(26-10-5-6-11-26)16-8-7-9-17(12-16)27-3/h7-9,12,18H,4-6,10-11,13-14H2,1-3H3,(H2,21,22,23). The molecule has 8 heteroatoms. The molecule has 1 saturated heterocycles. The first-order valence-corrected chi connectivity index (χ1v) is 9.89. The molecule has 1 fully saturated rings. The van der Waals surface area contributed by atoms with Crippen molar-refractivity contribution in [2.24, 2.45) is 4.99 Å². The zero-order chi connectivity index (χ0) is 19.8. The van der Waals surface area contributed by atoms with Crippen LogP contribution in [0.4, 0.5) is 0 Å². The highest BCUT2D eigenvalue weighted by molar-refractivity contribution is 5.79. The maximum Gasteiger partial charge on any atom is 0.248 e. The molecule has 1 atom stereocenters. The monoisotopic (exact) mass is 386 g/mol.